The molecule has 0 bridgehead atoms. The Labute approximate surface area is 161 Å². The van der Waals surface area contributed by atoms with Crippen molar-refractivity contribution in [2.24, 2.45) is 0 Å². The van der Waals surface area contributed by atoms with Crippen LogP contribution >= 0.6 is 23.2 Å². The molecule has 4 rings (SSSR count). The van der Waals surface area contributed by atoms with Crippen LogP contribution in [0.1, 0.15) is 17.7 Å². The summed E-state index contributed by atoms with van der Waals surface area (Å²) in [4.78, 5) is 14.6. The molecule has 26 heavy (non-hydrogen) atoms. The van der Waals surface area contributed by atoms with E-state index in [4.69, 9.17) is 27.9 Å². The number of benzene rings is 1. The molecule has 0 saturated carbocycles. The SMILES string of the molecule is O=C(CC1CNCCO1)N1CCc2[nH]nc(-c3ccc(Cl)c(Cl)c3)c2C1. The van der Waals surface area contributed by atoms with E-state index in [1.807, 2.05) is 17.0 Å². The molecule has 6 nitrogen and oxygen atoms in total. The van der Waals surface area contributed by atoms with Gasteiger partial charge in [0.15, 0.2) is 0 Å². The van der Waals surface area contributed by atoms with Crippen LogP contribution in [0.2, 0.25) is 10.0 Å². The monoisotopic (exact) mass is 394 g/mol. The van der Waals surface area contributed by atoms with E-state index >= 15 is 0 Å². The number of nitrogens with zero attached hydrogens (tertiary/aromatic N) is 2. The van der Waals surface area contributed by atoms with Gasteiger partial charge in [0.25, 0.3) is 0 Å². The molecule has 138 valence electrons. The molecule has 2 N–H and O–H groups in total. The molecule has 0 radical (unpaired) electrons. The Morgan fingerprint density at radius 2 is 2.23 bits per heavy atom. The van der Waals surface area contributed by atoms with Gasteiger partial charge in [-0.05, 0) is 12.1 Å². The molecule has 1 fully saturated rings. The number of aromatic nitrogens is 2. The second-order valence-corrected chi connectivity index (χ2v) is 7.44. The first kappa shape index (κ1) is 17.8. The minimum absolute atomic E-state index is 0.0449. The van der Waals surface area contributed by atoms with Crippen molar-refractivity contribution in [3.8, 4) is 11.3 Å². The summed E-state index contributed by atoms with van der Waals surface area (Å²) < 4.78 is 5.66. The lowest BCUT2D eigenvalue weighted by Crippen LogP contribution is -2.43. The quantitative estimate of drug-likeness (QED) is 0.839. The largest absolute Gasteiger partial charge is 0.375 e. The van der Waals surface area contributed by atoms with Gasteiger partial charge in [0, 0.05) is 49.4 Å². The van der Waals surface area contributed by atoms with E-state index in [1.165, 1.54) is 0 Å². The van der Waals surface area contributed by atoms with Gasteiger partial charge in [0.2, 0.25) is 5.91 Å². The summed E-state index contributed by atoms with van der Waals surface area (Å²) in [6.07, 6.45) is 1.12. The number of carbonyl (C=O) groups excluding carboxylic acids is 1. The maximum Gasteiger partial charge on any atom is 0.225 e. The number of rotatable bonds is 3. The Bertz CT molecular complexity index is 818. The lowest BCUT2D eigenvalue weighted by atomic mass is 10.0. The molecule has 1 unspecified atom stereocenters. The van der Waals surface area contributed by atoms with Crippen LogP contribution in [0.4, 0.5) is 0 Å². The summed E-state index contributed by atoms with van der Waals surface area (Å²) in [6, 6.07) is 5.47. The predicted molar refractivity (Wildman–Crippen MR) is 100 cm³/mol. The standard InChI is InChI=1S/C18H20Cl2N4O2/c19-14-2-1-11(7-15(14)20)18-13-10-24(5-3-16(13)22-23-18)17(25)8-12-9-21-4-6-26-12/h1-2,7,12,21H,3-6,8-10H2,(H,22,23). The summed E-state index contributed by atoms with van der Waals surface area (Å²) in [7, 11) is 0. The van der Waals surface area contributed by atoms with Gasteiger partial charge in [0.05, 0.1) is 34.9 Å². The van der Waals surface area contributed by atoms with Crippen molar-refractivity contribution in [1.29, 1.82) is 0 Å². The van der Waals surface area contributed by atoms with E-state index < -0.39 is 0 Å². The van der Waals surface area contributed by atoms with Crippen LogP contribution in [0.3, 0.4) is 0 Å². The van der Waals surface area contributed by atoms with Gasteiger partial charge in [-0.2, -0.15) is 5.10 Å². The van der Waals surface area contributed by atoms with Crippen molar-refractivity contribution in [2.75, 3.05) is 26.2 Å². The van der Waals surface area contributed by atoms with Gasteiger partial charge in [-0.15, -0.1) is 0 Å². The van der Waals surface area contributed by atoms with E-state index in [1.54, 1.807) is 6.07 Å². The summed E-state index contributed by atoms with van der Waals surface area (Å²) in [5.41, 5.74) is 3.84. The van der Waals surface area contributed by atoms with Gasteiger partial charge in [-0.25, -0.2) is 0 Å². The minimum Gasteiger partial charge on any atom is -0.375 e. The first-order valence-corrected chi connectivity index (χ1v) is 9.49. The molecule has 1 aromatic carbocycles. The van der Waals surface area contributed by atoms with Crippen LogP contribution in [0.25, 0.3) is 11.3 Å². The number of aromatic amines is 1. The molecular formula is C18H20Cl2N4O2. The van der Waals surface area contributed by atoms with Gasteiger partial charge < -0.3 is 15.0 Å². The van der Waals surface area contributed by atoms with E-state index in [2.05, 4.69) is 15.5 Å². The van der Waals surface area contributed by atoms with E-state index in [9.17, 15) is 4.79 Å². The summed E-state index contributed by atoms with van der Waals surface area (Å²) in [6.45, 7) is 3.46. The topological polar surface area (TPSA) is 70.2 Å². The predicted octanol–water partition coefficient (Wildman–Crippen LogP) is 2.65. The van der Waals surface area contributed by atoms with Gasteiger partial charge in [-0.1, -0.05) is 29.3 Å². The first-order valence-electron chi connectivity index (χ1n) is 8.73. The minimum atomic E-state index is -0.0449. The fourth-order valence-electron chi connectivity index (χ4n) is 3.46. The van der Waals surface area contributed by atoms with Crippen LogP contribution in [0.15, 0.2) is 18.2 Å². The van der Waals surface area contributed by atoms with Crippen LogP contribution in [-0.2, 0) is 22.5 Å². The van der Waals surface area contributed by atoms with E-state index in [-0.39, 0.29) is 12.0 Å². The second-order valence-electron chi connectivity index (χ2n) is 6.62. The normalized spacial score (nSPS) is 20.1. The molecule has 2 aliphatic heterocycles. The number of halogens is 2. The molecule has 1 amide bonds. The van der Waals surface area contributed by atoms with Crippen LogP contribution in [-0.4, -0.2) is 53.3 Å². The fourth-order valence-corrected chi connectivity index (χ4v) is 3.76. The first-order chi connectivity index (χ1) is 12.6. The Kier molecular flexibility index (Phi) is 5.18. The number of amides is 1. The highest BCUT2D eigenvalue weighted by Gasteiger charge is 2.28. The maximum absolute atomic E-state index is 12.7. The number of morpholine rings is 1. The lowest BCUT2D eigenvalue weighted by Gasteiger charge is -2.30. The Hall–Kier alpha value is -1.60. The molecule has 1 atom stereocenters. The average Bonchev–Trinajstić information content (AvgIpc) is 3.08. The van der Waals surface area contributed by atoms with E-state index in [0.29, 0.717) is 36.2 Å². The molecule has 2 aliphatic rings. The second kappa shape index (κ2) is 7.56. The number of H-pyrrole nitrogens is 1. The number of fused-ring (bicyclic) bond motifs is 1. The summed E-state index contributed by atoms with van der Waals surface area (Å²) >= 11 is 12.2. The van der Waals surface area contributed by atoms with Gasteiger partial charge in [0.1, 0.15) is 0 Å². The van der Waals surface area contributed by atoms with Crippen molar-refractivity contribution in [3.63, 3.8) is 0 Å². The van der Waals surface area contributed by atoms with Crippen LogP contribution < -0.4 is 5.32 Å². The number of carbonyl (C=O) groups is 1. The van der Waals surface area contributed by atoms with Gasteiger partial charge >= 0.3 is 0 Å². The third-order valence-electron chi connectivity index (χ3n) is 4.89. The zero-order valence-electron chi connectivity index (χ0n) is 14.2. The van der Waals surface area contributed by atoms with Crippen molar-refractivity contribution in [1.82, 2.24) is 20.4 Å². The number of hydrogen-bond donors (Lipinski definition) is 2. The molecule has 2 aromatic rings. The molecule has 1 saturated heterocycles. The highest BCUT2D eigenvalue weighted by atomic mass is 35.5. The van der Waals surface area contributed by atoms with Gasteiger partial charge in [-0.3, -0.25) is 9.89 Å². The van der Waals surface area contributed by atoms with Crippen molar-refractivity contribution in [3.05, 3.63) is 39.5 Å². The highest BCUT2D eigenvalue weighted by Crippen LogP contribution is 2.32. The Morgan fingerprint density at radius 1 is 1.35 bits per heavy atom. The van der Waals surface area contributed by atoms with Crippen LogP contribution in [0.5, 0.6) is 0 Å². The third-order valence-corrected chi connectivity index (χ3v) is 5.62. The molecule has 0 aliphatic carbocycles. The number of ether oxygens (including phenoxy) is 1. The zero-order chi connectivity index (χ0) is 18.1. The summed E-state index contributed by atoms with van der Waals surface area (Å²) in [5, 5.41) is 11.8. The maximum atomic E-state index is 12.7. The molecular weight excluding hydrogens is 375 g/mol. The van der Waals surface area contributed by atoms with Crippen molar-refractivity contribution < 1.29 is 9.53 Å². The highest BCUT2D eigenvalue weighted by molar-refractivity contribution is 6.42. The smallest absolute Gasteiger partial charge is 0.225 e. The third kappa shape index (κ3) is 3.60. The van der Waals surface area contributed by atoms with E-state index in [0.717, 1.165) is 42.0 Å². The molecule has 8 heteroatoms. The Morgan fingerprint density at radius 3 is 3.00 bits per heavy atom. The Balaban J connectivity index is 1.51. The number of hydrogen-bond acceptors (Lipinski definition) is 4. The lowest BCUT2D eigenvalue weighted by molar-refractivity contribution is -0.135. The van der Waals surface area contributed by atoms with Crippen molar-refractivity contribution >= 4 is 29.1 Å². The fraction of sp³-hybridized carbons (Fsp3) is 0.444. The van der Waals surface area contributed by atoms with Crippen LogP contribution in [0, 0.1) is 0 Å². The zero-order valence-corrected chi connectivity index (χ0v) is 15.7. The average molecular weight is 395 g/mol. The summed E-state index contributed by atoms with van der Waals surface area (Å²) in [5.74, 6) is 0.116. The molecule has 1 aromatic heterocycles. The molecule has 3 heterocycles. The van der Waals surface area contributed by atoms with Crippen molar-refractivity contribution in [2.45, 2.75) is 25.5 Å². The molecule has 0 spiro atoms. The number of nitrogens with one attached hydrogen (secondary N) is 2.